The van der Waals surface area contributed by atoms with Gasteiger partial charge in [-0.3, -0.25) is 9.59 Å². The normalized spacial score (nSPS) is 20.7. The topological polar surface area (TPSA) is 74.8 Å². The molecule has 4 rings (SSSR count). The zero-order valence-corrected chi connectivity index (χ0v) is 16.2. The lowest BCUT2D eigenvalue weighted by molar-refractivity contribution is -0.118. The van der Waals surface area contributed by atoms with E-state index in [-0.39, 0.29) is 16.8 Å². The summed E-state index contributed by atoms with van der Waals surface area (Å²) in [4.78, 5) is 33.1. The zero-order chi connectivity index (χ0) is 19.3. The Morgan fingerprint density at radius 3 is 2.74 bits per heavy atom. The molecule has 0 spiro atoms. The second-order valence-corrected chi connectivity index (χ2v) is 8.58. The molecule has 1 aromatic carbocycles. The molecule has 1 aliphatic carbocycles. The number of hydrogen-bond acceptors (Lipinski definition) is 5. The van der Waals surface area contributed by atoms with Gasteiger partial charge in [-0.2, -0.15) is 0 Å². The molecule has 2 aliphatic rings. The number of aromatic amines is 1. The molecule has 0 radical (unpaired) electrons. The Hall–Kier alpha value is -2.41. The van der Waals surface area contributed by atoms with Gasteiger partial charge < -0.3 is 10.3 Å². The number of anilines is 1. The molecule has 0 unspecified atom stereocenters. The first-order valence-corrected chi connectivity index (χ1v) is 9.98. The van der Waals surface area contributed by atoms with Crippen LogP contribution in [0.4, 0.5) is 10.2 Å². The van der Waals surface area contributed by atoms with Crippen LogP contribution in [0.3, 0.4) is 0 Å². The highest BCUT2D eigenvalue weighted by molar-refractivity contribution is 7.98. The van der Waals surface area contributed by atoms with E-state index in [0.717, 1.165) is 5.70 Å². The lowest BCUT2D eigenvalue weighted by atomic mass is 9.69. The standard InChI is InChI=1S/C20H20FN3O2S/c1-20(2)8-12-15(13(25)9-20)14(10-5-4-6-11(21)7-10)16-17(22-12)23-19(27-3)24-18(16)26/h4-7,14H,8-9H2,1-3H3,(H2,22,23,24,26)/t14-/m0/s1. The number of allylic oxidation sites excluding steroid dienone is 2. The molecule has 1 atom stereocenters. The fourth-order valence-corrected chi connectivity index (χ4v) is 4.39. The summed E-state index contributed by atoms with van der Waals surface area (Å²) in [5.74, 6) is -0.588. The highest BCUT2D eigenvalue weighted by atomic mass is 32.2. The number of nitrogens with zero attached hydrogens (tertiary/aromatic N) is 1. The number of fused-ring (bicyclic) bond motifs is 1. The number of thioether (sulfide) groups is 1. The first-order chi connectivity index (χ1) is 12.8. The highest BCUT2D eigenvalue weighted by Gasteiger charge is 2.42. The first-order valence-electron chi connectivity index (χ1n) is 8.76. The van der Waals surface area contributed by atoms with E-state index in [0.29, 0.717) is 40.5 Å². The summed E-state index contributed by atoms with van der Waals surface area (Å²) in [6.07, 6.45) is 2.89. The minimum Gasteiger partial charge on any atom is -0.343 e. The quantitative estimate of drug-likeness (QED) is 0.607. The van der Waals surface area contributed by atoms with Crippen LogP contribution >= 0.6 is 11.8 Å². The summed E-state index contributed by atoms with van der Waals surface area (Å²) in [5, 5.41) is 3.73. The van der Waals surface area contributed by atoms with Crippen molar-refractivity contribution in [1.82, 2.24) is 9.97 Å². The molecule has 0 saturated heterocycles. The molecule has 1 aliphatic heterocycles. The van der Waals surface area contributed by atoms with Crippen molar-refractivity contribution >= 4 is 23.4 Å². The summed E-state index contributed by atoms with van der Waals surface area (Å²) in [6.45, 7) is 4.09. The van der Waals surface area contributed by atoms with Crippen LogP contribution in [0.1, 0.15) is 43.7 Å². The summed E-state index contributed by atoms with van der Waals surface area (Å²) in [5.41, 5.74) is 1.79. The van der Waals surface area contributed by atoms with Gasteiger partial charge in [0.05, 0.1) is 5.56 Å². The van der Waals surface area contributed by atoms with Gasteiger partial charge in [0.2, 0.25) is 0 Å². The molecule has 5 nitrogen and oxygen atoms in total. The Bertz CT molecular complexity index is 1040. The number of halogens is 1. The number of hydrogen-bond donors (Lipinski definition) is 2. The summed E-state index contributed by atoms with van der Waals surface area (Å²) in [6, 6.07) is 6.09. The van der Waals surface area contributed by atoms with Crippen LogP contribution in [0.2, 0.25) is 0 Å². The van der Waals surface area contributed by atoms with Gasteiger partial charge in [-0.1, -0.05) is 37.7 Å². The van der Waals surface area contributed by atoms with E-state index in [1.807, 2.05) is 20.1 Å². The average Bonchev–Trinajstić information content (AvgIpc) is 2.58. The van der Waals surface area contributed by atoms with E-state index in [9.17, 15) is 14.0 Å². The molecule has 140 valence electrons. The largest absolute Gasteiger partial charge is 0.343 e. The summed E-state index contributed by atoms with van der Waals surface area (Å²) >= 11 is 1.34. The maximum atomic E-state index is 13.9. The Kier molecular flexibility index (Phi) is 4.22. The number of Topliss-reactive ketones (excluding diaryl/α,β-unsaturated/α-hetero) is 1. The average molecular weight is 385 g/mol. The van der Waals surface area contributed by atoms with Gasteiger partial charge in [-0.05, 0) is 35.8 Å². The van der Waals surface area contributed by atoms with Gasteiger partial charge in [0, 0.05) is 23.6 Å². The Labute approximate surface area is 160 Å². The third-order valence-electron chi connectivity index (χ3n) is 5.08. The molecule has 2 N–H and O–H groups in total. The SMILES string of the molecule is CSc1nc2c(c(=O)[nH]1)[C@@H](c1cccc(F)c1)C1=C(CC(C)(C)CC1=O)N2. The van der Waals surface area contributed by atoms with E-state index in [2.05, 4.69) is 15.3 Å². The highest BCUT2D eigenvalue weighted by Crippen LogP contribution is 2.47. The van der Waals surface area contributed by atoms with Crippen molar-refractivity contribution in [2.45, 2.75) is 37.8 Å². The number of H-pyrrole nitrogens is 1. The number of nitrogens with one attached hydrogen (secondary N) is 2. The van der Waals surface area contributed by atoms with Crippen molar-refractivity contribution in [3.63, 3.8) is 0 Å². The van der Waals surface area contributed by atoms with Gasteiger partial charge in [0.1, 0.15) is 11.6 Å². The Balaban J connectivity index is 1.99. The third-order valence-corrected chi connectivity index (χ3v) is 5.66. The molecule has 0 amide bonds. The molecule has 0 bridgehead atoms. The smallest absolute Gasteiger partial charge is 0.257 e. The van der Waals surface area contributed by atoms with Crippen LogP contribution in [-0.2, 0) is 4.79 Å². The first kappa shape index (κ1) is 18.0. The number of ketones is 1. The second kappa shape index (κ2) is 6.34. The van der Waals surface area contributed by atoms with Gasteiger partial charge >= 0.3 is 0 Å². The molecule has 7 heteroatoms. The Morgan fingerprint density at radius 1 is 1.26 bits per heavy atom. The fourth-order valence-electron chi connectivity index (χ4n) is 4.01. The van der Waals surface area contributed by atoms with Crippen molar-refractivity contribution in [3.8, 4) is 0 Å². The number of carbonyl (C=O) groups excluding carboxylic acids is 1. The van der Waals surface area contributed by atoms with E-state index in [4.69, 9.17) is 0 Å². The van der Waals surface area contributed by atoms with Crippen molar-refractivity contribution in [3.05, 3.63) is 62.8 Å². The summed E-state index contributed by atoms with van der Waals surface area (Å²) < 4.78 is 13.9. The van der Waals surface area contributed by atoms with Crippen LogP contribution in [0, 0.1) is 11.2 Å². The van der Waals surface area contributed by atoms with Crippen molar-refractivity contribution in [2.24, 2.45) is 5.41 Å². The van der Waals surface area contributed by atoms with E-state index >= 15 is 0 Å². The molecule has 1 aromatic heterocycles. The maximum Gasteiger partial charge on any atom is 0.257 e. The monoisotopic (exact) mass is 385 g/mol. The molecule has 0 fully saturated rings. The van der Waals surface area contributed by atoms with Crippen LogP contribution in [-0.4, -0.2) is 22.0 Å². The van der Waals surface area contributed by atoms with Crippen molar-refractivity contribution < 1.29 is 9.18 Å². The van der Waals surface area contributed by atoms with E-state index < -0.39 is 11.7 Å². The minimum absolute atomic E-state index is 0.0120. The van der Waals surface area contributed by atoms with E-state index in [1.165, 1.54) is 23.9 Å². The van der Waals surface area contributed by atoms with Gasteiger partial charge in [0.25, 0.3) is 5.56 Å². The van der Waals surface area contributed by atoms with E-state index in [1.54, 1.807) is 12.1 Å². The molecule has 27 heavy (non-hydrogen) atoms. The van der Waals surface area contributed by atoms with Gasteiger partial charge in [-0.25, -0.2) is 9.37 Å². The van der Waals surface area contributed by atoms with Gasteiger partial charge in [0.15, 0.2) is 10.9 Å². The van der Waals surface area contributed by atoms with Crippen LogP contribution < -0.4 is 10.9 Å². The predicted octanol–water partition coefficient (Wildman–Crippen LogP) is 3.83. The predicted molar refractivity (Wildman–Crippen MR) is 104 cm³/mol. The Morgan fingerprint density at radius 2 is 2.04 bits per heavy atom. The second-order valence-electron chi connectivity index (χ2n) is 7.78. The number of aromatic nitrogens is 2. The lowest BCUT2D eigenvalue weighted by Crippen LogP contribution is -2.37. The number of rotatable bonds is 2. The van der Waals surface area contributed by atoms with Crippen LogP contribution in [0.5, 0.6) is 0 Å². The molecule has 2 aromatic rings. The number of carbonyl (C=O) groups is 1. The maximum absolute atomic E-state index is 13.9. The lowest BCUT2D eigenvalue weighted by Gasteiger charge is -2.38. The zero-order valence-electron chi connectivity index (χ0n) is 15.4. The summed E-state index contributed by atoms with van der Waals surface area (Å²) in [7, 11) is 0. The molecular weight excluding hydrogens is 365 g/mol. The van der Waals surface area contributed by atoms with Crippen LogP contribution in [0.15, 0.2) is 45.5 Å². The van der Waals surface area contributed by atoms with Crippen molar-refractivity contribution in [2.75, 3.05) is 11.6 Å². The van der Waals surface area contributed by atoms with Crippen molar-refractivity contribution in [1.29, 1.82) is 0 Å². The number of benzene rings is 1. The molecular formula is C20H20FN3O2S. The fraction of sp³-hybridized carbons (Fsp3) is 0.350. The molecule has 2 heterocycles. The third kappa shape index (κ3) is 3.10. The van der Waals surface area contributed by atoms with Gasteiger partial charge in [-0.15, -0.1) is 0 Å². The molecule has 0 saturated carbocycles. The minimum atomic E-state index is -0.622. The van der Waals surface area contributed by atoms with Crippen LogP contribution in [0.25, 0.3) is 0 Å².